The van der Waals surface area contributed by atoms with Crippen molar-refractivity contribution < 1.29 is 4.74 Å². The molecule has 0 unspecified atom stereocenters. The van der Waals surface area contributed by atoms with Gasteiger partial charge in [0.2, 0.25) is 0 Å². The minimum absolute atomic E-state index is 0.834. The molecule has 0 aromatic heterocycles. The fourth-order valence-electron chi connectivity index (χ4n) is 0.775. The van der Waals surface area contributed by atoms with Gasteiger partial charge in [-0.2, -0.15) is 0 Å². The normalized spacial score (nSPS) is 8.91. The first-order valence-electron chi connectivity index (χ1n) is 4.45. The second kappa shape index (κ2) is 9.52. The van der Waals surface area contributed by atoms with Gasteiger partial charge in [0.05, 0.1) is 0 Å². The van der Waals surface area contributed by atoms with E-state index in [2.05, 4.69) is 18.8 Å². The third-order valence-corrected chi connectivity index (χ3v) is 1.35. The second-order valence-corrected chi connectivity index (χ2v) is 2.36. The van der Waals surface area contributed by atoms with Gasteiger partial charge in [0.1, 0.15) is 0 Å². The van der Waals surface area contributed by atoms with E-state index in [-0.39, 0.29) is 0 Å². The summed E-state index contributed by atoms with van der Waals surface area (Å²) in [6, 6.07) is 0. The summed E-state index contributed by atoms with van der Waals surface area (Å²) in [5.41, 5.74) is 0. The van der Waals surface area contributed by atoms with Crippen LogP contribution in [-0.2, 0) is 4.74 Å². The summed E-state index contributed by atoms with van der Waals surface area (Å²) in [5.74, 6) is 6.15. The maximum atomic E-state index is 5.19. The van der Waals surface area contributed by atoms with Crippen molar-refractivity contribution in [1.29, 1.82) is 0 Å². The Morgan fingerprint density at radius 3 is 2.55 bits per heavy atom. The molecule has 0 atom stereocenters. The number of ether oxygens (including phenoxy) is 1. The predicted octanol–water partition coefficient (Wildman–Crippen LogP) is 2.61. The SMILES string of the molecule is CCC#CCCCCOCC. The maximum Gasteiger partial charge on any atom is 0.0466 e. The number of unbranched alkanes of at least 4 members (excludes halogenated alkanes) is 2. The van der Waals surface area contributed by atoms with Crippen LogP contribution in [0.15, 0.2) is 0 Å². The molecule has 1 nitrogen and oxygen atoms in total. The van der Waals surface area contributed by atoms with Gasteiger partial charge in [-0.05, 0) is 19.8 Å². The van der Waals surface area contributed by atoms with E-state index in [0.717, 1.165) is 32.5 Å². The van der Waals surface area contributed by atoms with E-state index in [4.69, 9.17) is 4.74 Å². The van der Waals surface area contributed by atoms with Crippen molar-refractivity contribution in [3.8, 4) is 11.8 Å². The van der Waals surface area contributed by atoms with Gasteiger partial charge in [-0.1, -0.05) is 6.92 Å². The molecular formula is C10H18O. The van der Waals surface area contributed by atoms with Crippen molar-refractivity contribution in [3.05, 3.63) is 0 Å². The minimum Gasteiger partial charge on any atom is -0.382 e. The first-order chi connectivity index (χ1) is 5.41. The quantitative estimate of drug-likeness (QED) is 0.437. The molecule has 0 heterocycles. The lowest BCUT2D eigenvalue weighted by molar-refractivity contribution is 0.144. The molecule has 0 saturated heterocycles. The van der Waals surface area contributed by atoms with E-state index in [0.29, 0.717) is 0 Å². The van der Waals surface area contributed by atoms with Crippen LogP contribution in [-0.4, -0.2) is 13.2 Å². The molecule has 0 aliphatic heterocycles. The second-order valence-electron chi connectivity index (χ2n) is 2.36. The van der Waals surface area contributed by atoms with Crippen molar-refractivity contribution in [1.82, 2.24) is 0 Å². The molecule has 0 fully saturated rings. The molecule has 0 N–H and O–H groups in total. The molecule has 64 valence electrons. The summed E-state index contributed by atoms with van der Waals surface area (Å²) in [6.45, 7) is 5.83. The zero-order valence-corrected chi connectivity index (χ0v) is 7.65. The summed E-state index contributed by atoms with van der Waals surface area (Å²) >= 11 is 0. The average molecular weight is 154 g/mol. The Morgan fingerprint density at radius 2 is 1.91 bits per heavy atom. The van der Waals surface area contributed by atoms with Gasteiger partial charge < -0.3 is 4.74 Å². The van der Waals surface area contributed by atoms with Gasteiger partial charge >= 0.3 is 0 Å². The van der Waals surface area contributed by atoms with Gasteiger partial charge in [0.15, 0.2) is 0 Å². The Hall–Kier alpha value is -0.480. The highest BCUT2D eigenvalue weighted by atomic mass is 16.5. The van der Waals surface area contributed by atoms with Crippen molar-refractivity contribution in [2.75, 3.05) is 13.2 Å². The molecule has 0 bridgehead atoms. The molecule has 0 spiro atoms. The fourth-order valence-corrected chi connectivity index (χ4v) is 0.775. The Bertz CT molecular complexity index is 119. The number of hydrogen-bond donors (Lipinski definition) is 0. The van der Waals surface area contributed by atoms with Gasteiger partial charge in [-0.3, -0.25) is 0 Å². The van der Waals surface area contributed by atoms with E-state index >= 15 is 0 Å². The van der Waals surface area contributed by atoms with Crippen molar-refractivity contribution >= 4 is 0 Å². The van der Waals surface area contributed by atoms with E-state index < -0.39 is 0 Å². The van der Waals surface area contributed by atoms with Gasteiger partial charge in [-0.25, -0.2) is 0 Å². The van der Waals surface area contributed by atoms with Crippen LogP contribution < -0.4 is 0 Å². The largest absolute Gasteiger partial charge is 0.382 e. The highest BCUT2D eigenvalue weighted by Gasteiger charge is 1.84. The van der Waals surface area contributed by atoms with Gasteiger partial charge in [-0.15, -0.1) is 11.8 Å². The van der Waals surface area contributed by atoms with Crippen LogP contribution in [0.4, 0.5) is 0 Å². The van der Waals surface area contributed by atoms with Crippen LogP contribution in [0, 0.1) is 11.8 Å². The summed E-state index contributed by atoms with van der Waals surface area (Å²) in [6.07, 6.45) is 4.33. The lowest BCUT2D eigenvalue weighted by Gasteiger charge is -1.97. The van der Waals surface area contributed by atoms with E-state index in [1.54, 1.807) is 0 Å². The molecule has 11 heavy (non-hydrogen) atoms. The molecule has 0 aliphatic rings. The first-order valence-corrected chi connectivity index (χ1v) is 4.45. The molecule has 0 amide bonds. The molecule has 0 aromatic rings. The van der Waals surface area contributed by atoms with Crippen LogP contribution in [0.2, 0.25) is 0 Å². The topological polar surface area (TPSA) is 9.23 Å². The lowest BCUT2D eigenvalue weighted by Crippen LogP contribution is -1.92. The van der Waals surface area contributed by atoms with E-state index in [1.807, 2.05) is 6.92 Å². The third kappa shape index (κ3) is 9.52. The molecular weight excluding hydrogens is 136 g/mol. The van der Waals surface area contributed by atoms with E-state index in [1.165, 1.54) is 6.42 Å². The first kappa shape index (κ1) is 10.5. The Labute approximate surface area is 70.1 Å². The zero-order valence-electron chi connectivity index (χ0n) is 7.65. The molecule has 0 rings (SSSR count). The van der Waals surface area contributed by atoms with Crippen LogP contribution in [0.25, 0.3) is 0 Å². The molecule has 0 saturated carbocycles. The summed E-state index contributed by atoms with van der Waals surface area (Å²) < 4.78 is 5.19. The number of rotatable bonds is 5. The lowest BCUT2D eigenvalue weighted by atomic mass is 10.2. The fraction of sp³-hybridized carbons (Fsp3) is 0.800. The maximum absolute atomic E-state index is 5.19. The Kier molecular flexibility index (Phi) is 9.10. The Balaban J connectivity index is 2.90. The third-order valence-electron chi connectivity index (χ3n) is 1.35. The number of hydrogen-bond acceptors (Lipinski definition) is 1. The minimum atomic E-state index is 0.834. The summed E-state index contributed by atoms with van der Waals surface area (Å²) in [4.78, 5) is 0. The highest BCUT2D eigenvalue weighted by Crippen LogP contribution is 1.94. The predicted molar refractivity (Wildman–Crippen MR) is 48.4 cm³/mol. The van der Waals surface area contributed by atoms with Gasteiger partial charge in [0, 0.05) is 26.1 Å². The van der Waals surface area contributed by atoms with E-state index in [9.17, 15) is 0 Å². The zero-order chi connectivity index (χ0) is 8.36. The summed E-state index contributed by atoms with van der Waals surface area (Å²) in [5, 5.41) is 0. The molecule has 0 aliphatic carbocycles. The van der Waals surface area contributed by atoms with Crippen molar-refractivity contribution in [2.45, 2.75) is 39.5 Å². The highest BCUT2D eigenvalue weighted by molar-refractivity contribution is 4.97. The van der Waals surface area contributed by atoms with Crippen LogP contribution in [0.3, 0.4) is 0 Å². The molecule has 0 aromatic carbocycles. The van der Waals surface area contributed by atoms with Crippen LogP contribution in [0.1, 0.15) is 39.5 Å². The van der Waals surface area contributed by atoms with Gasteiger partial charge in [0.25, 0.3) is 0 Å². The van der Waals surface area contributed by atoms with Crippen molar-refractivity contribution in [3.63, 3.8) is 0 Å². The van der Waals surface area contributed by atoms with Crippen molar-refractivity contribution in [2.24, 2.45) is 0 Å². The summed E-state index contributed by atoms with van der Waals surface area (Å²) in [7, 11) is 0. The Morgan fingerprint density at radius 1 is 1.09 bits per heavy atom. The molecule has 1 heteroatoms. The standard InChI is InChI=1S/C10H18O/c1-3-5-6-7-8-9-10-11-4-2/h3-4,7-10H2,1-2H3. The smallest absolute Gasteiger partial charge is 0.0466 e. The average Bonchev–Trinajstić information content (AvgIpc) is 2.03. The van der Waals surface area contributed by atoms with Crippen LogP contribution >= 0.6 is 0 Å². The monoisotopic (exact) mass is 154 g/mol. The van der Waals surface area contributed by atoms with Crippen LogP contribution in [0.5, 0.6) is 0 Å². The molecule has 0 radical (unpaired) electrons.